The van der Waals surface area contributed by atoms with Gasteiger partial charge in [-0.15, -0.1) is 0 Å². The average molecular weight is 314 g/mol. The zero-order chi connectivity index (χ0) is 16.1. The van der Waals surface area contributed by atoms with Crippen molar-refractivity contribution in [3.63, 3.8) is 0 Å². The van der Waals surface area contributed by atoms with Gasteiger partial charge in [0.2, 0.25) is 9.84 Å². The summed E-state index contributed by atoms with van der Waals surface area (Å²) in [5.74, 6) is 0. The molecule has 0 saturated carbocycles. The molecule has 0 unspecified atom stereocenters. The molecule has 0 amide bonds. The van der Waals surface area contributed by atoms with Gasteiger partial charge in [-0.25, -0.2) is 8.42 Å². The van der Waals surface area contributed by atoms with Crippen molar-refractivity contribution < 1.29 is 8.42 Å². The van der Waals surface area contributed by atoms with Crippen LogP contribution in [0, 0.1) is 13.8 Å². The number of nitrogens with zero attached hydrogens (tertiary/aromatic N) is 1. The molecule has 0 fully saturated rings. The molecule has 0 aliphatic carbocycles. The van der Waals surface area contributed by atoms with Gasteiger partial charge in [-0.05, 0) is 37.6 Å². The maximum absolute atomic E-state index is 13.1. The van der Waals surface area contributed by atoms with E-state index in [2.05, 4.69) is 0 Å². The Balaban J connectivity index is 2.34. The molecule has 0 aliphatic heterocycles. The summed E-state index contributed by atoms with van der Waals surface area (Å²) >= 11 is 0. The molecule has 3 rings (SSSR count). The van der Waals surface area contributed by atoms with Crippen LogP contribution in [-0.4, -0.2) is 13.0 Å². The van der Waals surface area contributed by atoms with Crippen molar-refractivity contribution in [1.29, 1.82) is 0 Å². The highest BCUT2D eigenvalue weighted by atomic mass is 32.2. The van der Waals surface area contributed by atoms with E-state index in [-0.39, 0.29) is 4.90 Å². The molecule has 5 heteroatoms. The van der Waals surface area contributed by atoms with Gasteiger partial charge in [-0.1, -0.05) is 24.3 Å². The highest BCUT2D eigenvalue weighted by Gasteiger charge is 2.26. The Morgan fingerprint density at radius 3 is 2.41 bits per heavy atom. The van der Waals surface area contributed by atoms with E-state index >= 15 is 0 Å². The molecule has 4 nitrogen and oxygen atoms in total. The molecule has 0 atom stereocenters. The van der Waals surface area contributed by atoms with E-state index in [0.29, 0.717) is 10.6 Å². The van der Waals surface area contributed by atoms with E-state index in [1.165, 1.54) is 6.07 Å². The fourth-order valence-corrected chi connectivity index (χ4v) is 4.48. The molecule has 0 aliphatic rings. The summed E-state index contributed by atoms with van der Waals surface area (Å²) in [5.41, 5.74) is 8.86. The molecule has 1 aromatic heterocycles. The highest BCUT2D eigenvalue weighted by molar-refractivity contribution is 7.91. The number of aromatic nitrogens is 1. The number of hydrogen-bond acceptors (Lipinski definition) is 3. The topological polar surface area (TPSA) is 65.1 Å². The smallest absolute Gasteiger partial charge is 0.209 e. The summed E-state index contributed by atoms with van der Waals surface area (Å²) in [6.45, 7) is 3.68. The lowest BCUT2D eigenvalue weighted by Crippen LogP contribution is -2.05. The average Bonchev–Trinajstić information content (AvgIpc) is 2.74. The zero-order valence-electron chi connectivity index (χ0n) is 12.8. The number of para-hydroxylation sites is 1. The summed E-state index contributed by atoms with van der Waals surface area (Å²) in [6, 6.07) is 12.4. The van der Waals surface area contributed by atoms with Crippen molar-refractivity contribution in [2.45, 2.75) is 23.6 Å². The third kappa shape index (κ3) is 2.01. The van der Waals surface area contributed by atoms with E-state index in [0.717, 1.165) is 22.2 Å². The Bertz CT molecular complexity index is 985. The molecule has 1 heterocycles. The second-order valence-electron chi connectivity index (χ2n) is 5.51. The number of nitrogens with two attached hydrogens (primary N) is 1. The Morgan fingerprint density at radius 1 is 1.05 bits per heavy atom. The van der Waals surface area contributed by atoms with Crippen LogP contribution in [0.1, 0.15) is 11.3 Å². The van der Waals surface area contributed by atoms with Gasteiger partial charge in [0, 0.05) is 29.3 Å². The summed E-state index contributed by atoms with van der Waals surface area (Å²) in [5, 5.41) is 0.738. The van der Waals surface area contributed by atoms with Gasteiger partial charge < -0.3 is 10.3 Å². The van der Waals surface area contributed by atoms with Crippen LogP contribution in [0.5, 0.6) is 0 Å². The minimum absolute atomic E-state index is 0.232. The predicted molar refractivity (Wildman–Crippen MR) is 88.7 cm³/mol. The monoisotopic (exact) mass is 314 g/mol. The fraction of sp³-hybridized carbons (Fsp3) is 0.176. The Kier molecular flexibility index (Phi) is 3.25. The number of benzene rings is 2. The number of aryl methyl sites for hydroxylation is 2. The number of nitrogen functional groups attached to an aromatic ring is 1. The van der Waals surface area contributed by atoms with Gasteiger partial charge in [0.05, 0.1) is 4.90 Å². The third-order valence-electron chi connectivity index (χ3n) is 4.17. The van der Waals surface area contributed by atoms with Gasteiger partial charge in [-0.2, -0.15) is 0 Å². The largest absolute Gasteiger partial charge is 0.398 e. The number of anilines is 1. The first kappa shape index (κ1) is 14.7. The van der Waals surface area contributed by atoms with Crippen molar-refractivity contribution in [3.05, 3.63) is 53.7 Å². The number of rotatable bonds is 2. The molecular weight excluding hydrogens is 296 g/mol. The Labute approximate surface area is 130 Å². The molecule has 2 aromatic carbocycles. The van der Waals surface area contributed by atoms with Gasteiger partial charge in [0.25, 0.3) is 0 Å². The van der Waals surface area contributed by atoms with Crippen LogP contribution in [0.15, 0.2) is 52.3 Å². The van der Waals surface area contributed by atoms with Crippen LogP contribution in [-0.2, 0) is 16.9 Å². The van der Waals surface area contributed by atoms with Crippen molar-refractivity contribution in [2.75, 3.05) is 5.73 Å². The molecule has 0 radical (unpaired) electrons. The van der Waals surface area contributed by atoms with Crippen LogP contribution < -0.4 is 5.73 Å². The maximum Gasteiger partial charge on any atom is 0.209 e. The van der Waals surface area contributed by atoms with Crippen LogP contribution in [0.2, 0.25) is 0 Å². The lowest BCUT2D eigenvalue weighted by Gasteiger charge is -2.08. The van der Waals surface area contributed by atoms with Crippen LogP contribution >= 0.6 is 0 Å². The molecule has 0 saturated heterocycles. The number of sulfone groups is 1. The normalized spacial score (nSPS) is 12.0. The molecule has 22 heavy (non-hydrogen) atoms. The standard InChI is InChI=1S/C17H18N2O2S/c1-11-8-9-13(10-15(11)18)22(20,21)17-12(2)19(3)16-7-5-4-6-14(16)17/h4-10H,18H2,1-3H3. The molecule has 0 spiro atoms. The van der Waals surface area contributed by atoms with Gasteiger partial charge in [-0.3, -0.25) is 0 Å². The quantitative estimate of drug-likeness (QED) is 0.739. The summed E-state index contributed by atoms with van der Waals surface area (Å²) in [6.07, 6.45) is 0. The lowest BCUT2D eigenvalue weighted by molar-refractivity contribution is 0.595. The van der Waals surface area contributed by atoms with E-state index < -0.39 is 9.84 Å². The minimum atomic E-state index is -3.62. The predicted octanol–water partition coefficient (Wildman–Crippen LogP) is 3.21. The Morgan fingerprint density at radius 2 is 1.73 bits per heavy atom. The van der Waals surface area contributed by atoms with Crippen LogP contribution in [0.4, 0.5) is 5.69 Å². The van der Waals surface area contributed by atoms with Gasteiger partial charge in [0.1, 0.15) is 4.90 Å². The molecule has 0 bridgehead atoms. The van der Waals surface area contributed by atoms with Crippen molar-refractivity contribution >= 4 is 26.4 Å². The van der Waals surface area contributed by atoms with Crippen LogP contribution in [0.25, 0.3) is 10.9 Å². The second kappa shape index (κ2) is 4.88. The van der Waals surface area contributed by atoms with Crippen LogP contribution in [0.3, 0.4) is 0 Å². The van der Waals surface area contributed by atoms with Gasteiger partial charge in [0.15, 0.2) is 0 Å². The maximum atomic E-state index is 13.1. The lowest BCUT2D eigenvalue weighted by atomic mass is 10.2. The van der Waals surface area contributed by atoms with E-state index in [4.69, 9.17) is 5.73 Å². The summed E-state index contributed by atoms with van der Waals surface area (Å²) in [7, 11) is -1.74. The second-order valence-corrected chi connectivity index (χ2v) is 7.40. The SMILES string of the molecule is Cc1ccc(S(=O)(=O)c2c(C)n(C)c3ccccc23)cc1N. The molecule has 3 aromatic rings. The first-order valence-corrected chi connectivity index (χ1v) is 8.47. The molecular formula is C17H18N2O2S. The van der Waals surface area contributed by atoms with E-state index in [1.54, 1.807) is 12.1 Å². The first-order valence-electron chi connectivity index (χ1n) is 6.99. The van der Waals surface area contributed by atoms with Crippen molar-refractivity contribution in [2.24, 2.45) is 7.05 Å². The highest BCUT2D eigenvalue weighted by Crippen LogP contribution is 2.33. The molecule has 114 valence electrons. The van der Waals surface area contributed by atoms with Gasteiger partial charge >= 0.3 is 0 Å². The number of fused-ring (bicyclic) bond motifs is 1. The summed E-state index contributed by atoms with van der Waals surface area (Å²) < 4.78 is 28.1. The minimum Gasteiger partial charge on any atom is -0.398 e. The third-order valence-corrected chi connectivity index (χ3v) is 6.10. The molecule has 2 N–H and O–H groups in total. The number of hydrogen-bond donors (Lipinski definition) is 1. The fourth-order valence-electron chi connectivity index (χ4n) is 2.73. The summed E-state index contributed by atoms with van der Waals surface area (Å²) in [4.78, 5) is 0.587. The van der Waals surface area contributed by atoms with Crippen molar-refractivity contribution in [1.82, 2.24) is 4.57 Å². The van der Waals surface area contributed by atoms with Crippen molar-refractivity contribution in [3.8, 4) is 0 Å². The Hall–Kier alpha value is -2.27. The zero-order valence-corrected chi connectivity index (χ0v) is 13.6. The first-order chi connectivity index (χ1) is 10.3. The van der Waals surface area contributed by atoms with E-state index in [9.17, 15) is 8.42 Å². The van der Waals surface area contributed by atoms with E-state index in [1.807, 2.05) is 49.7 Å².